The third-order valence-corrected chi connectivity index (χ3v) is 19.2. The summed E-state index contributed by atoms with van der Waals surface area (Å²) >= 11 is 0. The molecule has 0 aromatic carbocycles. The fraction of sp³-hybridized carbons (Fsp3) is 0.944. The third-order valence-electron chi connectivity index (χ3n) is 17.3. The minimum Gasteiger partial charge on any atom is -0.462 e. The molecule has 91 heavy (non-hydrogen) atoms. The van der Waals surface area contributed by atoms with Crippen molar-refractivity contribution in [3.05, 3.63) is 0 Å². The van der Waals surface area contributed by atoms with Gasteiger partial charge in [-0.15, -0.1) is 0 Å². The lowest BCUT2D eigenvalue weighted by Gasteiger charge is -2.21. The van der Waals surface area contributed by atoms with Gasteiger partial charge < -0.3 is 33.8 Å². The average molecular weight is 1340 g/mol. The van der Waals surface area contributed by atoms with E-state index in [1.54, 1.807) is 0 Å². The van der Waals surface area contributed by atoms with E-state index in [0.29, 0.717) is 25.7 Å². The van der Waals surface area contributed by atoms with Gasteiger partial charge in [-0.3, -0.25) is 37.3 Å². The second-order valence-electron chi connectivity index (χ2n) is 27.4. The Morgan fingerprint density at radius 1 is 0.308 bits per heavy atom. The van der Waals surface area contributed by atoms with Gasteiger partial charge in [0.25, 0.3) is 0 Å². The Kier molecular flexibility index (Phi) is 60.3. The van der Waals surface area contributed by atoms with Crippen molar-refractivity contribution >= 4 is 39.5 Å². The van der Waals surface area contributed by atoms with E-state index in [-0.39, 0.29) is 25.7 Å². The van der Waals surface area contributed by atoms with Gasteiger partial charge in [-0.05, 0) is 49.4 Å². The zero-order valence-electron chi connectivity index (χ0n) is 59.5. The molecule has 0 saturated heterocycles. The summed E-state index contributed by atoms with van der Waals surface area (Å²) in [6, 6.07) is 0. The standard InChI is InChI=1S/C72H140O17P2/c1-9-64(7)50-42-34-26-19-15-13-11-12-14-16-20-27-36-44-52-69(74)82-59-68(89-72(77)55-47-39-31-30-35-43-51-65(8)10-2)61-87-91(80,81)85-57-66(73)56-84-90(78,79)86-60-67(58-83-70(75)53-45-37-28-23-22-25-33-41-49-63(5)6)88-71(76)54-46-38-29-21-17-18-24-32-40-48-62(3)4/h62-68,73H,9-61H2,1-8H3,(H,78,79)(H,80,81)/t64?,65?,66?,67-,68-/m1/s1. The molecule has 0 heterocycles. The Morgan fingerprint density at radius 3 is 0.780 bits per heavy atom. The van der Waals surface area contributed by atoms with Crippen LogP contribution in [0.4, 0.5) is 0 Å². The van der Waals surface area contributed by atoms with Crippen LogP contribution in [0.3, 0.4) is 0 Å². The summed E-state index contributed by atoms with van der Waals surface area (Å²) in [6.45, 7) is 14.1. The third kappa shape index (κ3) is 63.9. The molecule has 0 aliphatic rings. The normalized spacial score (nSPS) is 14.8. The maximum absolute atomic E-state index is 13.0. The van der Waals surface area contributed by atoms with Crippen LogP contribution in [-0.2, 0) is 65.4 Å². The minimum atomic E-state index is -4.95. The summed E-state index contributed by atoms with van der Waals surface area (Å²) in [4.78, 5) is 72.6. The first kappa shape index (κ1) is 89.1. The SMILES string of the molecule is CCC(C)CCCCCCCCCCCCCCCCC(=O)OC[C@H](COP(=O)(O)OCC(O)COP(=O)(O)OC[C@@H](COC(=O)CCCCCCCCCCC(C)C)OC(=O)CCCCCCCCCCCC(C)C)OC(=O)CCCCCCCCC(C)CC. The van der Waals surface area contributed by atoms with E-state index in [2.05, 4.69) is 55.4 Å². The average Bonchev–Trinajstić information content (AvgIpc) is 3.69. The lowest BCUT2D eigenvalue weighted by molar-refractivity contribution is -0.161. The molecule has 0 aromatic rings. The van der Waals surface area contributed by atoms with Crippen LogP contribution in [-0.4, -0.2) is 96.7 Å². The molecule has 0 radical (unpaired) electrons. The molecule has 17 nitrogen and oxygen atoms in total. The number of aliphatic hydroxyl groups excluding tert-OH is 1. The first-order chi connectivity index (χ1) is 43.7. The van der Waals surface area contributed by atoms with Crippen LogP contribution in [0.25, 0.3) is 0 Å². The van der Waals surface area contributed by atoms with E-state index < -0.39 is 97.5 Å². The van der Waals surface area contributed by atoms with Gasteiger partial charge in [0.1, 0.15) is 19.3 Å². The van der Waals surface area contributed by atoms with Crippen LogP contribution in [0.2, 0.25) is 0 Å². The molecule has 7 atom stereocenters. The number of unbranched alkanes of at least 4 members (excludes halogenated alkanes) is 33. The molecule has 0 bridgehead atoms. The molecule has 0 saturated carbocycles. The van der Waals surface area contributed by atoms with Crippen LogP contribution in [0, 0.1) is 23.7 Å². The van der Waals surface area contributed by atoms with Crippen LogP contribution in [0.5, 0.6) is 0 Å². The summed E-state index contributed by atoms with van der Waals surface area (Å²) in [6.07, 6.45) is 44.5. The summed E-state index contributed by atoms with van der Waals surface area (Å²) < 4.78 is 68.3. The number of phosphoric ester groups is 2. The number of carbonyl (C=O) groups excluding carboxylic acids is 4. The molecule has 5 unspecified atom stereocenters. The summed E-state index contributed by atoms with van der Waals surface area (Å²) in [7, 11) is -9.90. The fourth-order valence-corrected chi connectivity index (χ4v) is 12.4. The van der Waals surface area contributed by atoms with Crippen molar-refractivity contribution in [1.29, 1.82) is 0 Å². The molecule has 0 fully saturated rings. The van der Waals surface area contributed by atoms with Gasteiger partial charge in [0.15, 0.2) is 12.2 Å². The quantitative estimate of drug-likeness (QED) is 0.0222. The molecule has 19 heteroatoms. The minimum absolute atomic E-state index is 0.103. The van der Waals surface area contributed by atoms with Gasteiger partial charge in [-0.1, -0.05) is 306 Å². The lowest BCUT2D eigenvalue weighted by atomic mass is 9.99. The molecule has 540 valence electrons. The topological polar surface area (TPSA) is 237 Å². The predicted molar refractivity (Wildman–Crippen MR) is 367 cm³/mol. The highest BCUT2D eigenvalue weighted by Gasteiger charge is 2.30. The van der Waals surface area contributed by atoms with Gasteiger partial charge in [0, 0.05) is 25.7 Å². The second kappa shape index (κ2) is 61.6. The van der Waals surface area contributed by atoms with Crippen molar-refractivity contribution in [2.45, 2.75) is 375 Å². The Morgan fingerprint density at radius 2 is 0.527 bits per heavy atom. The molecule has 0 aliphatic heterocycles. The Balaban J connectivity index is 5.21. The highest BCUT2D eigenvalue weighted by molar-refractivity contribution is 7.47. The van der Waals surface area contributed by atoms with Crippen molar-refractivity contribution in [1.82, 2.24) is 0 Å². The van der Waals surface area contributed by atoms with E-state index in [4.69, 9.17) is 37.0 Å². The molecule has 0 spiro atoms. The van der Waals surface area contributed by atoms with Crippen molar-refractivity contribution in [2.75, 3.05) is 39.6 Å². The van der Waals surface area contributed by atoms with Crippen LogP contribution in [0.1, 0.15) is 357 Å². The molecule has 3 N–H and O–H groups in total. The molecule has 0 rings (SSSR count). The van der Waals surface area contributed by atoms with Crippen LogP contribution >= 0.6 is 15.6 Å². The Bertz CT molecular complexity index is 1800. The van der Waals surface area contributed by atoms with Gasteiger partial charge in [-0.2, -0.15) is 0 Å². The van der Waals surface area contributed by atoms with E-state index >= 15 is 0 Å². The van der Waals surface area contributed by atoms with Gasteiger partial charge in [-0.25, -0.2) is 9.13 Å². The van der Waals surface area contributed by atoms with Gasteiger partial charge in [0.05, 0.1) is 26.4 Å². The number of hydrogen-bond acceptors (Lipinski definition) is 15. The van der Waals surface area contributed by atoms with Crippen LogP contribution < -0.4 is 0 Å². The van der Waals surface area contributed by atoms with E-state index in [1.807, 2.05) is 0 Å². The number of hydrogen-bond donors (Lipinski definition) is 3. The van der Waals surface area contributed by atoms with Crippen molar-refractivity contribution < 1.29 is 80.2 Å². The maximum atomic E-state index is 13.0. The second-order valence-corrected chi connectivity index (χ2v) is 30.3. The van der Waals surface area contributed by atoms with E-state index in [0.717, 1.165) is 114 Å². The van der Waals surface area contributed by atoms with Gasteiger partial charge >= 0.3 is 39.5 Å². The fourth-order valence-electron chi connectivity index (χ4n) is 10.8. The van der Waals surface area contributed by atoms with Gasteiger partial charge in [0.2, 0.25) is 0 Å². The lowest BCUT2D eigenvalue weighted by Crippen LogP contribution is -2.30. The van der Waals surface area contributed by atoms with E-state index in [9.17, 15) is 43.2 Å². The first-order valence-corrected chi connectivity index (χ1v) is 40.3. The summed E-state index contributed by atoms with van der Waals surface area (Å²) in [5.74, 6) is 0.903. The smallest absolute Gasteiger partial charge is 0.462 e. The van der Waals surface area contributed by atoms with Crippen molar-refractivity contribution in [3.8, 4) is 0 Å². The number of ether oxygens (including phenoxy) is 4. The van der Waals surface area contributed by atoms with Crippen molar-refractivity contribution in [2.24, 2.45) is 23.7 Å². The number of carbonyl (C=O) groups is 4. The number of phosphoric acid groups is 2. The summed E-state index contributed by atoms with van der Waals surface area (Å²) in [5, 5.41) is 10.6. The zero-order chi connectivity index (χ0) is 67.5. The largest absolute Gasteiger partial charge is 0.472 e. The molecular formula is C72H140O17P2. The van der Waals surface area contributed by atoms with Crippen LogP contribution in [0.15, 0.2) is 0 Å². The maximum Gasteiger partial charge on any atom is 0.472 e. The Hall–Kier alpha value is -1.94. The number of esters is 4. The molecule has 0 aliphatic carbocycles. The van der Waals surface area contributed by atoms with Crippen molar-refractivity contribution in [3.63, 3.8) is 0 Å². The molecule has 0 aromatic heterocycles. The number of aliphatic hydroxyl groups is 1. The zero-order valence-corrected chi connectivity index (χ0v) is 61.3. The molecular weight excluding hydrogens is 1200 g/mol. The first-order valence-electron chi connectivity index (χ1n) is 37.3. The Labute approximate surface area is 556 Å². The predicted octanol–water partition coefficient (Wildman–Crippen LogP) is 20.5. The monoisotopic (exact) mass is 1340 g/mol. The summed E-state index contributed by atoms with van der Waals surface area (Å²) in [5.41, 5.74) is 0. The highest BCUT2D eigenvalue weighted by Crippen LogP contribution is 2.45. The molecule has 0 amide bonds. The van der Waals surface area contributed by atoms with E-state index in [1.165, 1.54) is 161 Å². The highest BCUT2D eigenvalue weighted by atomic mass is 31.2. The number of rotatable bonds is 69.